The van der Waals surface area contributed by atoms with Crippen LogP contribution >= 0.6 is 0 Å². The van der Waals surface area contributed by atoms with Gasteiger partial charge in [0.2, 0.25) is 10.0 Å². The Bertz CT molecular complexity index is 552. The van der Waals surface area contributed by atoms with Gasteiger partial charge in [-0.1, -0.05) is 6.92 Å². The van der Waals surface area contributed by atoms with E-state index in [2.05, 4.69) is 5.32 Å². The lowest BCUT2D eigenvalue weighted by Crippen LogP contribution is -2.43. The second-order valence-corrected chi connectivity index (χ2v) is 7.34. The highest BCUT2D eigenvalue weighted by Crippen LogP contribution is 2.25. The molecule has 1 atom stereocenters. The number of hydrogen-bond acceptors (Lipinski definition) is 5. The molecule has 122 valence electrons. The van der Waals surface area contributed by atoms with Crippen molar-refractivity contribution in [2.45, 2.75) is 38.3 Å². The van der Waals surface area contributed by atoms with Crippen LogP contribution in [0, 0.1) is 6.92 Å². The predicted molar refractivity (Wildman–Crippen MR) is 83.8 cm³/mol. The van der Waals surface area contributed by atoms with Gasteiger partial charge in [-0.2, -0.15) is 4.31 Å². The molecule has 1 unspecified atom stereocenters. The third-order valence-corrected chi connectivity index (χ3v) is 5.49. The standard InChI is InChI=1S/C14H27N3O3S/c1-7-17(11(2)10-16(5)6)21(18,19)14-8-13(9-15-4)20-12(14)3/h8,11,15H,7,9-10H2,1-6H3. The quantitative estimate of drug-likeness (QED) is 0.782. The smallest absolute Gasteiger partial charge is 0.246 e. The minimum Gasteiger partial charge on any atom is -0.464 e. The van der Waals surface area contributed by atoms with Crippen LogP contribution in [0.1, 0.15) is 25.4 Å². The SMILES string of the molecule is CCN(C(C)CN(C)C)S(=O)(=O)c1cc(CNC)oc1C. The lowest BCUT2D eigenvalue weighted by atomic mass is 10.3. The summed E-state index contributed by atoms with van der Waals surface area (Å²) in [6, 6.07) is 1.52. The fourth-order valence-electron chi connectivity index (χ4n) is 2.51. The molecule has 0 spiro atoms. The molecule has 0 aliphatic heterocycles. The van der Waals surface area contributed by atoms with Gasteiger partial charge in [-0.15, -0.1) is 0 Å². The lowest BCUT2D eigenvalue weighted by molar-refractivity contribution is 0.271. The summed E-state index contributed by atoms with van der Waals surface area (Å²) in [7, 11) is 2.13. The van der Waals surface area contributed by atoms with Crippen molar-refractivity contribution in [2.75, 3.05) is 34.2 Å². The van der Waals surface area contributed by atoms with Crippen molar-refractivity contribution in [3.63, 3.8) is 0 Å². The van der Waals surface area contributed by atoms with Crippen molar-refractivity contribution < 1.29 is 12.8 Å². The molecule has 1 heterocycles. The Morgan fingerprint density at radius 1 is 1.38 bits per heavy atom. The molecule has 7 heteroatoms. The van der Waals surface area contributed by atoms with Crippen molar-refractivity contribution in [1.82, 2.24) is 14.5 Å². The van der Waals surface area contributed by atoms with E-state index in [-0.39, 0.29) is 10.9 Å². The van der Waals surface area contributed by atoms with E-state index in [1.54, 1.807) is 20.0 Å². The summed E-state index contributed by atoms with van der Waals surface area (Å²) in [5.41, 5.74) is 0. The van der Waals surface area contributed by atoms with Crippen LogP contribution in [0.4, 0.5) is 0 Å². The first-order chi connectivity index (χ1) is 9.73. The summed E-state index contributed by atoms with van der Waals surface area (Å²) in [6.45, 7) is 7.08. The minimum atomic E-state index is -3.54. The van der Waals surface area contributed by atoms with Crippen LogP contribution in [0.5, 0.6) is 0 Å². The van der Waals surface area contributed by atoms with Gasteiger partial charge in [0.1, 0.15) is 16.4 Å². The van der Waals surface area contributed by atoms with Gasteiger partial charge in [0, 0.05) is 25.2 Å². The first kappa shape index (κ1) is 18.2. The zero-order valence-electron chi connectivity index (χ0n) is 13.8. The van der Waals surface area contributed by atoms with Crippen LogP contribution in [0.2, 0.25) is 0 Å². The number of nitrogens with one attached hydrogen (secondary N) is 1. The highest BCUT2D eigenvalue weighted by molar-refractivity contribution is 7.89. The lowest BCUT2D eigenvalue weighted by Gasteiger charge is -2.28. The molecule has 0 amide bonds. The Kier molecular flexibility index (Phi) is 6.40. The molecule has 1 aromatic heterocycles. The van der Waals surface area contributed by atoms with E-state index in [1.165, 1.54) is 4.31 Å². The number of nitrogens with zero attached hydrogens (tertiary/aromatic N) is 2. The van der Waals surface area contributed by atoms with Crippen LogP contribution in [-0.2, 0) is 16.6 Å². The monoisotopic (exact) mass is 317 g/mol. The second kappa shape index (κ2) is 7.40. The Labute approximate surface area is 128 Å². The molecular formula is C14H27N3O3S. The zero-order valence-corrected chi connectivity index (χ0v) is 14.6. The number of furan rings is 1. The molecule has 0 aliphatic rings. The minimum absolute atomic E-state index is 0.1000. The van der Waals surface area contributed by atoms with Gasteiger partial charge in [0.15, 0.2) is 0 Å². The van der Waals surface area contributed by atoms with Crippen LogP contribution in [-0.4, -0.2) is 57.9 Å². The van der Waals surface area contributed by atoms with E-state index in [0.29, 0.717) is 31.2 Å². The van der Waals surface area contributed by atoms with Crippen molar-refractivity contribution in [3.8, 4) is 0 Å². The highest BCUT2D eigenvalue weighted by Gasteiger charge is 2.31. The zero-order chi connectivity index (χ0) is 16.2. The third kappa shape index (κ3) is 4.29. The summed E-state index contributed by atoms with van der Waals surface area (Å²) in [5, 5.41) is 2.96. The fourth-order valence-corrected chi connectivity index (χ4v) is 4.32. The molecule has 0 radical (unpaired) electrons. The van der Waals surface area contributed by atoms with Gasteiger partial charge in [0.05, 0.1) is 6.54 Å². The normalized spacial score (nSPS) is 14.1. The molecule has 1 N–H and O–H groups in total. The van der Waals surface area contributed by atoms with E-state index in [1.807, 2.05) is 32.8 Å². The molecule has 0 aromatic carbocycles. The predicted octanol–water partition coefficient (Wildman–Crippen LogP) is 1.27. The summed E-state index contributed by atoms with van der Waals surface area (Å²) in [4.78, 5) is 2.25. The van der Waals surface area contributed by atoms with Gasteiger partial charge in [-0.25, -0.2) is 8.42 Å². The number of rotatable bonds is 8. The second-order valence-electron chi connectivity index (χ2n) is 5.48. The van der Waals surface area contributed by atoms with Crippen molar-refractivity contribution in [2.24, 2.45) is 0 Å². The molecular weight excluding hydrogens is 290 g/mol. The number of sulfonamides is 1. The van der Waals surface area contributed by atoms with Crippen molar-refractivity contribution in [3.05, 3.63) is 17.6 Å². The maximum atomic E-state index is 12.9. The van der Waals surface area contributed by atoms with Crippen molar-refractivity contribution >= 4 is 10.0 Å². The van der Waals surface area contributed by atoms with Crippen molar-refractivity contribution in [1.29, 1.82) is 0 Å². The largest absolute Gasteiger partial charge is 0.464 e. The Morgan fingerprint density at radius 2 is 2.00 bits per heavy atom. The molecule has 1 rings (SSSR count). The van der Waals surface area contributed by atoms with Crippen LogP contribution < -0.4 is 5.32 Å². The molecule has 0 saturated heterocycles. The topological polar surface area (TPSA) is 65.8 Å². The molecule has 0 saturated carbocycles. The third-order valence-electron chi connectivity index (χ3n) is 3.29. The Balaban J connectivity index is 3.12. The molecule has 0 bridgehead atoms. The Morgan fingerprint density at radius 3 is 2.48 bits per heavy atom. The van der Waals surface area contributed by atoms with E-state index < -0.39 is 10.0 Å². The average molecular weight is 317 g/mol. The Hall–Kier alpha value is -0.890. The molecule has 21 heavy (non-hydrogen) atoms. The summed E-state index contributed by atoms with van der Waals surface area (Å²) in [5.74, 6) is 1.07. The number of likely N-dealkylation sites (N-methyl/N-ethyl adjacent to an activating group) is 2. The van der Waals surface area contributed by atoms with Gasteiger partial charge in [0.25, 0.3) is 0 Å². The fraction of sp³-hybridized carbons (Fsp3) is 0.714. The average Bonchev–Trinajstić information content (AvgIpc) is 2.71. The maximum Gasteiger partial charge on any atom is 0.246 e. The summed E-state index contributed by atoms with van der Waals surface area (Å²) in [6.07, 6.45) is 0. The van der Waals surface area contributed by atoms with Gasteiger partial charge < -0.3 is 14.6 Å². The summed E-state index contributed by atoms with van der Waals surface area (Å²) >= 11 is 0. The maximum absolute atomic E-state index is 12.9. The van der Waals surface area contributed by atoms with E-state index in [0.717, 1.165) is 0 Å². The molecule has 6 nitrogen and oxygen atoms in total. The number of hydrogen-bond donors (Lipinski definition) is 1. The molecule has 1 aromatic rings. The van der Waals surface area contributed by atoms with E-state index in [9.17, 15) is 8.42 Å². The molecule has 0 aliphatic carbocycles. The highest BCUT2D eigenvalue weighted by atomic mass is 32.2. The first-order valence-electron chi connectivity index (χ1n) is 7.14. The van der Waals surface area contributed by atoms with Crippen LogP contribution in [0.3, 0.4) is 0 Å². The van der Waals surface area contributed by atoms with Gasteiger partial charge in [-0.05, 0) is 35.0 Å². The first-order valence-corrected chi connectivity index (χ1v) is 8.58. The van der Waals surface area contributed by atoms with Gasteiger partial charge in [-0.3, -0.25) is 0 Å². The summed E-state index contributed by atoms with van der Waals surface area (Å²) < 4.78 is 32.7. The van der Waals surface area contributed by atoms with Crippen LogP contribution in [0.15, 0.2) is 15.4 Å². The van der Waals surface area contributed by atoms with Crippen LogP contribution in [0.25, 0.3) is 0 Å². The van der Waals surface area contributed by atoms with E-state index in [4.69, 9.17) is 4.42 Å². The number of aryl methyl sites for hydroxylation is 1. The van der Waals surface area contributed by atoms with E-state index >= 15 is 0 Å². The van der Waals surface area contributed by atoms with Gasteiger partial charge >= 0.3 is 0 Å². The molecule has 0 fully saturated rings.